The summed E-state index contributed by atoms with van der Waals surface area (Å²) in [6.07, 6.45) is 2.80. The van der Waals surface area contributed by atoms with Crippen molar-refractivity contribution in [2.24, 2.45) is 11.3 Å². The van der Waals surface area contributed by atoms with Gasteiger partial charge in [-0.25, -0.2) is 0 Å². The number of halogens is 1. The van der Waals surface area contributed by atoms with Crippen molar-refractivity contribution in [3.8, 4) is 11.3 Å². The van der Waals surface area contributed by atoms with Crippen molar-refractivity contribution in [3.05, 3.63) is 63.2 Å². The SMILES string of the molecule is CC(C)(C)[C@@H]1CCc2c(sc3c2C(=O)N[C@@H](c2ccc(-c4ccc(Cl)cc4)o2)N3)C1. The van der Waals surface area contributed by atoms with E-state index in [1.807, 2.05) is 36.4 Å². The molecule has 0 radical (unpaired) electrons. The van der Waals surface area contributed by atoms with Crippen LogP contribution in [-0.4, -0.2) is 5.91 Å². The van der Waals surface area contributed by atoms with E-state index >= 15 is 0 Å². The van der Waals surface area contributed by atoms with Crippen LogP contribution in [0.25, 0.3) is 11.3 Å². The van der Waals surface area contributed by atoms with Gasteiger partial charge < -0.3 is 15.1 Å². The molecule has 3 aromatic rings. The summed E-state index contributed by atoms with van der Waals surface area (Å²) in [6, 6.07) is 11.4. The molecule has 3 heterocycles. The standard InChI is InChI=1S/C24H25ClN2O2S/c1-24(2,3)14-6-9-16-19(12-14)30-23-20(16)22(28)26-21(27-23)18-11-10-17(29-18)13-4-7-15(25)8-5-13/h4-5,7-8,10-11,14,21,27H,6,9,12H2,1-3H3,(H,26,28)/t14-,21-/m1/s1. The predicted molar refractivity (Wildman–Crippen MR) is 122 cm³/mol. The molecule has 0 bridgehead atoms. The Hall–Kier alpha value is -2.24. The van der Waals surface area contributed by atoms with Crippen LogP contribution in [-0.2, 0) is 12.8 Å². The Morgan fingerprint density at radius 3 is 2.60 bits per heavy atom. The number of hydrogen-bond donors (Lipinski definition) is 2. The van der Waals surface area contributed by atoms with Crippen LogP contribution in [0.2, 0.25) is 5.02 Å². The van der Waals surface area contributed by atoms with Crippen molar-refractivity contribution in [2.75, 3.05) is 5.32 Å². The molecule has 156 valence electrons. The largest absolute Gasteiger partial charge is 0.457 e. The van der Waals surface area contributed by atoms with E-state index < -0.39 is 0 Å². The first-order valence-electron chi connectivity index (χ1n) is 10.4. The molecule has 0 saturated carbocycles. The number of thiophene rings is 1. The Balaban J connectivity index is 1.41. The summed E-state index contributed by atoms with van der Waals surface area (Å²) in [5, 5.41) is 8.24. The Bertz CT molecular complexity index is 1110. The quantitative estimate of drug-likeness (QED) is 0.468. The van der Waals surface area contributed by atoms with Gasteiger partial charge in [-0.2, -0.15) is 0 Å². The van der Waals surface area contributed by atoms with E-state index in [2.05, 4.69) is 31.4 Å². The second kappa shape index (κ2) is 7.17. The first-order chi connectivity index (χ1) is 14.3. The lowest BCUT2D eigenvalue weighted by molar-refractivity contribution is 0.0930. The Morgan fingerprint density at radius 1 is 1.10 bits per heavy atom. The van der Waals surface area contributed by atoms with Crippen molar-refractivity contribution in [1.29, 1.82) is 0 Å². The second-order valence-corrected chi connectivity index (χ2v) is 10.8. The number of carbonyl (C=O) groups excluding carboxylic acids is 1. The van der Waals surface area contributed by atoms with Gasteiger partial charge in [0.15, 0.2) is 6.17 Å². The van der Waals surface area contributed by atoms with Crippen LogP contribution in [0.1, 0.15) is 59.9 Å². The van der Waals surface area contributed by atoms with Gasteiger partial charge in [0.25, 0.3) is 5.91 Å². The van der Waals surface area contributed by atoms with E-state index in [9.17, 15) is 4.79 Å². The number of fused-ring (bicyclic) bond motifs is 3. The molecule has 0 saturated heterocycles. The summed E-state index contributed by atoms with van der Waals surface area (Å²) in [5.74, 6) is 2.08. The smallest absolute Gasteiger partial charge is 0.256 e. The van der Waals surface area contributed by atoms with Gasteiger partial charge in [0.2, 0.25) is 0 Å². The lowest BCUT2D eigenvalue weighted by atomic mass is 9.72. The van der Waals surface area contributed by atoms with E-state index in [0.29, 0.717) is 16.7 Å². The molecule has 5 rings (SSSR count). The van der Waals surface area contributed by atoms with Crippen molar-refractivity contribution < 1.29 is 9.21 Å². The number of carbonyl (C=O) groups is 1. The van der Waals surface area contributed by atoms with Crippen LogP contribution in [0.15, 0.2) is 40.8 Å². The number of benzene rings is 1. The number of hydrogen-bond acceptors (Lipinski definition) is 4. The zero-order valence-corrected chi connectivity index (χ0v) is 18.9. The van der Waals surface area contributed by atoms with Crippen molar-refractivity contribution >= 4 is 33.8 Å². The molecule has 0 spiro atoms. The predicted octanol–water partition coefficient (Wildman–Crippen LogP) is 6.67. The minimum absolute atomic E-state index is 0.00935. The highest BCUT2D eigenvalue weighted by molar-refractivity contribution is 7.16. The summed E-state index contributed by atoms with van der Waals surface area (Å²) in [4.78, 5) is 14.4. The normalized spacial score (nSPS) is 20.9. The van der Waals surface area contributed by atoms with Crippen LogP contribution in [0.3, 0.4) is 0 Å². The lowest BCUT2D eigenvalue weighted by Crippen LogP contribution is -2.38. The van der Waals surface area contributed by atoms with Crippen LogP contribution >= 0.6 is 22.9 Å². The van der Waals surface area contributed by atoms with E-state index in [-0.39, 0.29) is 17.5 Å². The molecule has 2 N–H and O–H groups in total. The molecule has 1 amide bonds. The van der Waals surface area contributed by atoms with Gasteiger partial charge in [0.1, 0.15) is 16.5 Å². The Labute approximate surface area is 185 Å². The maximum absolute atomic E-state index is 13.0. The molecular weight excluding hydrogens is 416 g/mol. The molecule has 6 heteroatoms. The van der Waals surface area contributed by atoms with Crippen molar-refractivity contribution in [1.82, 2.24) is 5.32 Å². The third-order valence-corrected chi connectivity index (χ3v) is 7.75. The van der Waals surface area contributed by atoms with Crippen LogP contribution in [0.4, 0.5) is 5.00 Å². The summed E-state index contributed by atoms with van der Waals surface area (Å²) in [5.41, 5.74) is 3.31. The molecule has 30 heavy (non-hydrogen) atoms. The fraction of sp³-hybridized carbons (Fsp3) is 0.375. The molecule has 1 aliphatic carbocycles. The maximum Gasteiger partial charge on any atom is 0.256 e. The average molecular weight is 441 g/mol. The van der Waals surface area contributed by atoms with Gasteiger partial charge in [0, 0.05) is 15.5 Å². The average Bonchev–Trinajstić information content (AvgIpc) is 3.32. The van der Waals surface area contributed by atoms with Gasteiger partial charge >= 0.3 is 0 Å². The summed E-state index contributed by atoms with van der Waals surface area (Å²) in [6.45, 7) is 6.94. The van der Waals surface area contributed by atoms with Crippen molar-refractivity contribution in [3.63, 3.8) is 0 Å². The molecule has 1 aromatic carbocycles. The Kier molecular flexibility index (Phi) is 4.71. The molecule has 2 aliphatic rings. The fourth-order valence-electron chi connectivity index (χ4n) is 4.46. The Morgan fingerprint density at radius 2 is 1.87 bits per heavy atom. The van der Waals surface area contributed by atoms with Gasteiger partial charge in [-0.3, -0.25) is 4.79 Å². The highest BCUT2D eigenvalue weighted by Crippen LogP contribution is 2.46. The summed E-state index contributed by atoms with van der Waals surface area (Å²) < 4.78 is 6.06. The van der Waals surface area contributed by atoms with Gasteiger partial charge in [0.05, 0.1) is 5.56 Å². The first kappa shape index (κ1) is 19.7. The number of furan rings is 1. The highest BCUT2D eigenvalue weighted by Gasteiger charge is 2.37. The fourth-order valence-corrected chi connectivity index (χ4v) is 5.94. The molecule has 2 atom stereocenters. The van der Waals surface area contributed by atoms with Gasteiger partial charge in [-0.1, -0.05) is 32.4 Å². The number of rotatable bonds is 2. The third-order valence-electron chi connectivity index (χ3n) is 6.31. The van der Waals surface area contributed by atoms with Gasteiger partial charge in [-0.05, 0) is 72.6 Å². The van der Waals surface area contributed by atoms with Gasteiger partial charge in [-0.15, -0.1) is 11.3 Å². The monoisotopic (exact) mass is 440 g/mol. The molecule has 1 aliphatic heterocycles. The number of nitrogens with one attached hydrogen (secondary N) is 2. The third kappa shape index (κ3) is 3.44. The van der Waals surface area contributed by atoms with E-state index in [4.69, 9.17) is 16.0 Å². The lowest BCUT2D eigenvalue weighted by Gasteiger charge is -2.34. The highest BCUT2D eigenvalue weighted by atomic mass is 35.5. The molecule has 2 aromatic heterocycles. The van der Waals surface area contributed by atoms with E-state index in [1.165, 1.54) is 10.4 Å². The summed E-state index contributed by atoms with van der Waals surface area (Å²) in [7, 11) is 0. The molecule has 0 fully saturated rings. The van der Waals surface area contributed by atoms with E-state index in [0.717, 1.165) is 41.2 Å². The minimum atomic E-state index is -0.371. The topological polar surface area (TPSA) is 54.3 Å². The van der Waals surface area contributed by atoms with Crippen LogP contribution in [0.5, 0.6) is 0 Å². The first-order valence-corrected chi connectivity index (χ1v) is 11.6. The zero-order chi connectivity index (χ0) is 21.0. The summed E-state index contributed by atoms with van der Waals surface area (Å²) >= 11 is 7.72. The number of amides is 1. The minimum Gasteiger partial charge on any atom is -0.457 e. The number of anilines is 1. The van der Waals surface area contributed by atoms with Crippen LogP contribution < -0.4 is 10.6 Å². The second-order valence-electron chi connectivity index (χ2n) is 9.27. The van der Waals surface area contributed by atoms with Crippen LogP contribution in [0, 0.1) is 11.3 Å². The molecule has 0 unspecified atom stereocenters. The van der Waals surface area contributed by atoms with Crippen molar-refractivity contribution in [2.45, 2.75) is 46.2 Å². The zero-order valence-electron chi connectivity index (χ0n) is 17.3. The molecular formula is C24H25ClN2O2S. The maximum atomic E-state index is 13.0. The molecule has 4 nitrogen and oxygen atoms in total. The van der Waals surface area contributed by atoms with E-state index in [1.54, 1.807) is 11.3 Å².